The molecule has 2 aromatic carbocycles. The first-order valence-corrected chi connectivity index (χ1v) is 9.67. The number of thiocarbonyl (C=S) groups is 1. The van der Waals surface area contributed by atoms with Crippen LogP contribution in [0.3, 0.4) is 0 Å². The number of nitrogens with one attached hydrogen (secondary N) is 3. The molecule has 0 aromatic heterocycles. The Morgan fingerprint density at radius 3 is 2.29 bits per heavy atom. The Labute approximate surface area is 175 Å². The molecule has 0 atom stereocenters. The van der Waals surface area contributed by atoms with Crippen molar-refractivity contribution >= 4 is 51.9 Å². The Hall–Kier alpha value is -2.51. The van der Waals surface area contributed by atoms with Crippen LogP contribution in [0.25, 0.3) is 0 Å². The zero-order valence-electron chi connectivity index (χ0n) is 16.1. The number of methoxy groups -OCH3 is 1. The lowest BCUT2D eigenvalue weighted by Crippen LogP contribution is -2.19. The molecule has 6 nitrogen and oxygen atoms in total. The molecule has 1 amide bonds. The molecule has 0 bridgehead atoms. The van der Waals surface area contributed by atoms with Crippen LogP contribution in [0.5, 0.6) is 11.5 Å². The number of hydrogen-bond donors (Lipinski definition) is 3. The number of rotatable bonds is 8. The number of halogens is 1. The number of anilines is 3. The highest BCUT2D eigenvalue weighted by molar-refractivity contribution is 7.80. The van der Waals surface area contributed by atoms with E-state index in [4.69, 9.17) is 33.3 Å². The number of amides is 1. The van der Waals surface area contributed by atoms with Gasteiger partial charge in [-0.2, -0.15) is 0 Å². The maximum atomic E-state index is 11.1. The van der Waals surface area contributed by atoms with Crippen LogP contribution >= 0.6 is 23.8 Å². The lowest BCUT2D eigenvalue weighted by molar-refractivity contribution is -0.114. The Bertz CT molecular complexity index is 828. The number of carbonyl (C=O) groups excluding carboxylic acids is 1. The molecule has 0 unspecified atom stereocenters. The second-order valence-electron chi connectivity index (χ2n) is 6.02. The summed E-state index contributed by atoms with van der Waals surface area (Å²) in [5.74, 6) is 1.02. The molecule has 0 heterocycles. The second-order valence-corrected chi connectivity index (χ2v) is 6.84. The van der Waals surface area contributed by atoms with Gasteiger partial charge in [0.1, 0.15) is 11.5 Å². The Morgan fingerprint density at radius 2 is 1.71 bits per heavy atom. The molecule has 0 fully saturated rings. The molecule has 2 aromatic rings. The third-order valence-corrected chi connectivity index (χ3v) is 4.22. The summed E-state index contributed by atoms with van der Waals surface area (Å²) in [6.07, 6.45) is 1.97. The molecule has 28 heavy (non-hydrogen) atoms. The summed E-state index contributed by atoms with van der Waals surface area (Å²) in [6.45, 7) is 4.15. The summed E-state index contributed by atoms with van der Waals surface area (Å²) in [5, 5.41) is 9.75. The van der Waals surface area contributed by atoms with Crippen LogP contribution in [-0.2, 0) is 4.79 Å². The summed E-state index contributed by atoms with van der Waals surface area (Å²) in [5.41, 5.74) is 2.14. The van der Waals surface area contributed by atoms with Gasteiger partial charge in [0.2, 0.25) is 5.91 Å². The van der Waals surface area contributed by atoms with Gasteiger partial charge >= 0.3 is 0 Å². The fourth-order valence-corrected chi connectivity index (χ4v) is 2.83. The minimum Gasteiger partial charge on any atom is -0.495 e. The number of ether oxygens (including phenoxy) is 2. The van der Waals surface area contributed by atoms with Crippen molar-refractivity contribution < 1.29 is 14.3 Å². The summed E-state index contributed by atoms with van der Waals surface area (Å²) < 4.78 is 11.1. The largest absolute Gasteiger partial charge is 0.495 e. The minimum absolute atomic E-state index is 0.120. The molecular weight excluding hydrogens is 398 g/mol. The van der Waals surface area contributed by atoms with Gasteiger partial charge in [-0.1, -0.05) is 24.9 Å². The molecule has 2 rings (SSSR count). The van der Waals surface area contributed by atoms with Crippen LogP contribution in [0.2, 0.25) is 5.02 Å². The fourth-order valence-electron chi connectivity index (χ4n) is 2.36. The predicted molar refractivity (Wildman–Crippen MR) is 119 cm³/mol. The van der Waals surface area contributed by atoms with Crippen molar-refractivity contribution in [2.75, 3.05) is 29.7 Å². The highest BCUT2D eigenvalue weighted by Crippen LogP contribution is 2.36. The van der Waals surface area contributed by atoms with E-state index < -0.39 is 0 Å². The molecule has 3 N–H and O–H groups in total. The minimum atomic E-state index is -0.120. The van der Waals surface area contributed by atoms with Gasteiger partial charge in [-0.3, -0.25) is 4.79 Å². The van der Waals surface area contributed by atoms with Crippen molar-refractivity contribution in [2.45, 2.75) is 26.7 Å². The predicted octanol–water partition coefficient (Wildman–Crippen LogP) is 5.29. The quantitative estimate of drug-likeness (QED) is 0.397. The van der Waals surface area contributed by atoms with Crippen LogP contribution in [-0.4, -0.2) is 24.7 Å². The first kappa shape index (κ1) is 21.8. The standard InChI is InChI=1S/C20H24ClN3O3S/c1-4-5-10-27-19-12-18(26-3)16(21)11-17(19)24-20(28)23-15-8-6-14(7-9-15)22-13(2)25/h6-9,11-12H,4-5,10H2,1-3H3,(H,22,25)(H2,23,24,28). The van der Waals surface area contributed by atoms with E-state index in [1.54, 1.807) is 31.4 Å². The van der Waals surface area contributed by atoms with Crippen LogP contribution in [0.15, 0.2) is 36.4 Å². The summed E-state index contributed by atoms with van der Waals surface area (Å²) in [6, 6.07) is 10.7. The van der Waals surface area contributed by atoms with Crippen LogP contribution in [0, 0.1) is 0 Å². The van der Waals surface area contributed by atoms with E-state index in [0.717, 1.165) is 18.5 Å². The molecule has 0 aliphatic heterocycles. The summed E-state index contributed by atoms with van der Waals surface area (Å²) >= 11 is 11.6. The summed E-state index contributed by atoms with van der Waals surface area (Å²) in [7, 11) is 1.56. The van der Waals surface area contributed by atoms with Crippen LogP contribution in [0.4, 0.5) is 17.1 Å². The Kier molecular flexibility index (Phi) is 8.35. The molecule has 0 aliphatic rings. The van der Waals surface area contributed by atoms with Gasteiger partial charge in [0.15, 0.2) is 5.11 Å². The zero-order chi connectivity index (χ0) is 20.5. The van der Waals surface area contributed by atoms with Gasteiger partial charge < -0.3 is 25.4 Å². The lowest BCUT2D eigenvalue weighted by Gasteiger charge is -2.17. The molecule has 0 radical (unpaired) electrons. The molecule has 0 saturated heterocycles. The molecule has 0 aliphatic carbocycles. The van der Waals surface area contributed by atoms with E-state index in [2.05, 4.69) is 22.9 Å². The topological polar surface area (TPSA) is 71.6 Å². The molecule has 8 heteroatoms. The smallest absolute Gasteiger partial charge is 0.221 e. The monoisotopic (exact) mass is 421 g/mol. The maximum Gasteiger partial charge on any atom is 0.221 e. The highest BCUT2D eigenvalue weighted by Gasteiger charge is 2.12. The first-order valence-electron chi connectivity index (χ1n) is 8.89. The zero-order valence-corrected chi connectivity index (χ0v) is 17.7. The number of unbranched alkanes of at least 4 members (excludes halogenated alkanes) is 1. The van der Waals surface area contributed by atoms with E-state index >= 15 is 0 Å². The summed E-state index contributed by atoms with van der Waals surface area (Å²) in [4.78, 5) is 11.1. The number of benzene rings is 2. The van der Waals surface area contributed by atoms with E-state index in [0.29, 0.717) is 39.6 Å². The highest BCUT2D eigenvalue weighted by atomic mass is 35.5. The maximum absolute atomic E-state index is 11.1. The van der Waals surface area contributed by atoms with E-state index in [9.17, 15) is 4.79 Å². The van der Waals surface area contributed by atoms with E-state index in [1.165, 1.54) is 6.92 Å². The Morgan fingerprint density at radius 1 is 1.07 bits per heavy atom. The average Bonchev–Trinajstić information content (AvgIpc) is 2.64. The van der Waals surface area contributed by atoms with Crippen LogP contribution in [0.1, 0.15) is 26.7 Å². The van der Waals surface area contributed by atoms with Crippen molar-refractivity contribution in [3.05, 3.63) is 41.4 Å². The number of hydrogen-bond acceptors (Lipinski definition) is 4. The van der Waals surface area contributed by atoms with Crippen molar-refractivity contribution in [3.8, 4) is 11.5 Å². The van der Waals surface area contributed by atoms with Crippen molar-refractivity contribution in [3.63, 3.8) is 0 Å². The molecule has 0 spiro atoms. The third kappa shape index (κ3) is 6.58. The molecule has 0 saturated carbocycles. The SMILES string of the molecule is CCCCOc1cc(OC)c(Cl)cc1NC(=S)Nc1ccc(NC(C)=O)cc1. The van der Waals surface area contributed by atoms with Gasteiger partial charge in [0.05, 0.1) is 24.4 Å². The van der Waals surface area contributed by atoms with Crippen molar-refractivity contribution in [2.24, 2.45) is 0 Å². The lowest BCUT2D eigenvalue weighted by atomic mass is 10.2. The third-order valence-electron chi connectivity index (χ3n) is 3.72. The van der Waals surface area contributed by atoms with Gasteiger partial charge in [0, 0.05) is 24.4 Å². The molecular formula is C20H24ClN3O3S. The first-order chi connectivity index (χ1) is 13.4. The van der Waals surface area contributed by atoms with Crippen LogP contribution < -0.4 is 25.4 Å². The van der Waals surface area contributed by atoms with Crippen molar-refractivity contribution in [1.82, 2.24) is 0 Å². The van der Waals surface area contributed by atoms with E-state index in [-0.39, 0.29) is 5.91 Å². The van der Waals surface area contributed by atoms with Gasteiger partial charge in [-0.15, -0.1) is 0 Å². The molecule has 150 valence electrons. The van der Waals surface area contributed by atoms with Gasteiger partial charge in [-0.05, 0) is 49.0 Å². The number of carbonyl (C=O) groups is 1. The Balaban J connectivity index is 2.09. The van der Waals surface area contributed by atoms with Crippen molar-refractivity contribution in [1.29, 1.82) is 0 Å². The van der Waals surface area contributed by atoms with E-state index in [1.807, 2.05) is 12.1 Å². The van der Waals surface area contributed by atoms with Gasteiger partial charge in [-0.25, -0.2) is 0 Å². The average molecular weight is 422 g/mol. The van der Waals surface area contributed by atoms with Gasteiger partial charge in [0.25, 0.3) is 0 Å². The normalized spacial score (nSPS) is 10.1. The second kappa shape index (κ2) is 10.7. The fraction of sp³-hybridized carbons (Fsp3) is 0.300.